The summed E-state index contributed by atoms with van der Waals surface area (Å²) < 4.78 is 45.1. The predicted molar refractivity (Wildman–Crippen MR) is 99.4 cm³/mol. The fourth-order valence-corrected chi connectivity index (χ4v) is 3.99. The molecule has 0 saturated heterocycles. The van der Waals surface area contributed by atoms with Crippen LogP contribution in [0.2, 0.25) is 5.02 Å². The molecule has 0 N–H and O–H groups in total. The zero-order valence-corrected chi connectivity index (χ0v) is 16.3. The average molecular weight is 410 g/mol. The van der Waals surface area contributed by atoms with Crippen LogP contribution in [0, 0.1) is 12.7 Å². The molecule has 0 unspecified atom stereocenters. The van der Waals surface area contributed by atoms with E-state index in [0.29, 0.717) is 22.3 Å². The van der Waals surface area contributed by atoms with Crippen molar-refractivity contribution in [2.75, 3.05) is 13.6 Å². The van der Waals surface area contributed by atoms with Crippen molar-refractivity contribution in [2.24, 2.45) is 0 Å². The minimum absolute atomic E-state index is 0.0556. The molecule has 27 heavy (non-hydrogen) atoms. The molecule has 0 aliphatic carbocycles. The molecule has 0 bridgehead atoms. The van der Waals surface area contributed by atoms with Gasteiger partial charge in [-0.05, 0) is 48.9 Å². The second-order valence-corrected chi connectivity index (χ2v) is 8.46. The molecule has 9 heteroatoms. The van der Waals surface area contributed by atoms with Gasteiger partial charge in [0, 0.05) is 30.6 Å². The molecule has 0 saturated carbocycles. The minimum atomic E-state index is -3.82. The van der Waals surface area contributed by atoms with Crippen LogP contribution in [-0.4, -0.2) is 36.5 Å². The van der Waals surface area contributed by atoms with Gasteiger partial charge < -0.3 is 4.52 Å². The molecule has 0 amide bonds. The monoisotopic (exact) mass is 409 g/mol. The number of hydrogen-bond acceptors (Lipinski definition) is 5. The third-order valence-corrected chi connectivity index (χ3v) is 6.30. The molecule has 0 aliphatic heterocycles. The summed E-state index contributed by atoms with van der Waals surface area (Å²) in [5.41, 5.74) is 1.20. The van der Waals surface area contributed by atoms with Crippen LogP contribution in [-0.2, 0) is 16.4 Å². The van der Waals surface area contributed by atoms with E-state index in [1.165, 1.54) is 19.2 Å². The first kappa shape index (κ1) is 19.5. The Bertz CT molecular complexity index is 1050. The van der Waals surface area contributed by atoms with Crippen LogP contribution in [0.5, 0.6) is 0 Å². The maximum Gasteiger partial charge on any atom is 0.257 e. The van der Waals surface area contributed by atoms with E-state index < -0.39 is 15.8 Å². The fourth-order valence-electron chi connectivity index (χ4n) is 2.46. The lowest BCUT2D eigenvalue weighted by Crippen LogP contribution is -2.29. The fraction of sp³-hybridized carbons (Fsp3) is 0.222. The van der Waals surface area contributed by atoms with E-state index >= 15 is 0 Å². The first-order valence-electron chi connectivity index (χ1n) is 8.08. The zero-order valence-electron chi connectivity index (χ0n) is 14.7. The highest BCUT2D eigenvalue weighted by Crippen LogP contribution is 2.22. The average Bonchev–Trinajstić information content (AvgIpc) is 3.11. The minimum Gasteiger partial charge on any atom is -0.334 e. The van der Waals surface area contributed by atoms with Crippen molar-refractivity contribution >= 4 is 21.6 Å². The van der Waals surface area contributed by atoms with E-state index in [-0.39, 0.29) is 17.9 Å². The number of aryl methyl sites for hydroxylation is 1. The van der Waals surface area contributed by atoms with Gasteiger partial charge in [0.05, 0.1) is 4.90 Å². The molecule has 2 aromatic carbocycles. The van der Waals surface area contributed by atoms with Crippen molar-refractivity contribution in [3.8, 4) is 11.5 Å². The summed E-state index contributed by atoms with van der Waals surface area (Å²) in [7, 11) is -2.39. The Morgan fingerprint density at radius 3 is 2.59 bits per heavy atom. The highest BCUT2D eigenvalue weighted by Gasteiger charge is 2.23. The summed E-state index contributed by atoms with van der Waals surface area (Å²) in [6.07, 6.45) is 0.251. The van der Waals surface area contributed by atoms with Gasteiger partial charge in [0.1, 0.15) is 5.82 Å². The van der Waals surface area contributed by atoms with Crippen LogP contribution >= 0.6 is 11.6 Å². The lowest BCUT2D eigenvalue weighted by atomic mass is 10.2. The van der Waals surface area contributed by atoms with Gasteiger partial charge in [-0.25, -0.2) is 17.1 Å². The Balaban J connectivity index is 1.71. The molecule has 142 valence electrons. The van der Waals surface area contributed by atoms with E-state index in [1.54, 1.807) is 31.2 Å². The van der Waals surface area contributed by atoms with Gasteiger partial charge in [-0.15, -0.1) is 0 Å². The van der Waals surface area contributed by atoms with Crippen LogP contribution < -0.4 is 0 Å². The first-order chi connectivity index (χ1) is 12.8. The van der Waals surface area contributed by atoms with Crippen molar-refractivity contribution in [2.45, 2.75) is 18.2 Å². The predicted octanol–water partition coefficient (Wildman–Crippen LogP) is 3.70. The van der Waals surface area contributed by atoms with Gasteiger partial charge in [-0.3, -0.25) is 0 Å². The summed E-state index contributed by atoms with van der Waals surface area (Å²) in [4.78, 5) is 4.21. The third-order valence-electron chi connectivity index (χ3n) is 4.05. The maximum absolute atomic E-state index is 13.5. The molecular formula is C18H17ClFN3O3S. The summed E-state index contributed by atoms with van der Waals surface area (Å²) in [5.74, 6) is 0.101. The molecule has 0 aliphatic rings. The number of likely N-dealkylation sites (N-methyl/N-ethyl adjacent to an activating group) is 1. The van der Waals surface area contributed by atoms with Gasteiger partial charge in [-0.2, -0.15) is 4.98 Å². The standard InChI is InChI=1S/C18H17ClFN3O3S/c1-12-3-8-15(20)11-16(12)27(24,25)23(2)10-9-17-21-18(26-22-17)13-4-6-14(19)7-5-13/h3-8,11H,9-10H2,1-2H3. The van der Waals surface area contributed by atoms with Crippen molar-refractivity contribution in [3.05, 3.63) is 64.7 Å². The molecule has 3 rings (SSSR count). The van der Waals surface area contributed by atoms with Gasteiger partial charge in [0.25, 0.3) is 5.89 Å². The van der Waals surface area contributed by atoms with Crippen molar-refractivity contribution < 1.29 is 17.3 Å². The first-order valence-corrected chi connectivity index (χ1v) is 9.90. The number of aromatic nitrogens is 2. The number of hydrogen-bond donors (Lipinski definition) is 0. The normalized spacial score (nSPS) is 11.9. The quantitative estimate of drug-likeness (QED) is 0.620. The van der Waals surface area contributed by atoms with Crippen molar-refractivity contribution in [1.29, 1.82) is 0 Å². The molecule has 1 aromatic heterocycles. The summed E-state index contributed by atoms with van der Waals surface area (Å²) in [5, 5.41) is 4.47. The number of benzene rings is 2. The zero-order chi connectivity index (χ0) is 19.6. The topological polar surface area (TPSA) is 76.3 Å². The molecule has 3 aromatic rings. The smallest absolute Gasteiger partial charge is 0.257 e. The highest BCUT2D eigenvalue weighted by atomic mass is 35.5. The maximum atomic E-state index is 13.5. The van der Waals surface area contributed by atoms with Gasteiger partial charge >= 0.3 is 0 Å². The van der Waals surface area contributed by atoms with Crippen molar-refractivity contribution in [3.63, 3.8) is 0 Å². The van der Waals surface area contributed by atoms with Gasteiger partial charge in [-0.1, -0.05) is 22.8 Å². The van der Waals surface area contributed by atoms with E-state index in [2.05, 4.69) is 10.1 Å². The van der Waals surface area contributed by atoms with E-state index in [0.717, 1.165) is 15.9 Å². The van der Waals surface area contributed by atoms with Gasteiger partial charge in [0.15, 0.2) is 5.82 Å². The second kappa shape index (κ2) is 7.75. The Morgan fingerprint density at radius 2 is 1.89 bits per heavy atom. The number of nitrogens with zero attached hydrogens (tertiary/aromatic N) is 3. The number of halogens is 2. The Hall–Kier alpha value is -2.29. The van der Waals surface area contributed by atoms with E-state index in [1.807, 2.05) is 0 Å². The molecule has 1 heterocycles. The summed E-state index contributed by atoms with van der Waals surface area (Å²) in [6.45, 7) is 1.75. The van der Waals surface area contributed by atoms with Crippen LogP contribution in [0.4, 0.5) is 4.39 Å². The lowest BCUT2D eigenvalue weighted by Gasteiger charge is -2.17. The largest absolute Gasteiger partial charge is 0.334 e. The summed E-state index contributed by atoms with van der Waals surface area (Å²) in [6, 6.07) is 10.6. The van der Waals surface area contributed by atoms with Crippen molar-refractivity contribution in [1.82, 2.24) is 14.4 Å². The highest BCUT2D eigenvalue weighted by molar-refractivity contribution is 7.89. The van der Waals surface area contributed by atoms with Crippen LogP contribution in [0.3, 0.4) is 0 Å². The Labute approximate surface area is 161 Å². The third kappa shape index (κ3) is 4.35. The lowest BCUT2D eigenvalue weighted by molar-refractivity contribution is 0.415. The SMILES string of the molecule is Cc1ccc(F)cc1S(=O)(=O)N(C)CCc1noc(-c2ccc(Cl)cc2)n1. The number of rotatable bonds is 6. The van der Waals surface area contributed by atoms with Crippen LogP contribution in [0.25, 0.3) is 11.5 Å². The molecular weight excluding hydrogens is 393 g/mol. The Morgan fingerprint density at radius 1 is 1.19 bits per heavy atom. The van der Waals surface area contributed by atoms with Crippen LogP contribution in [0.15, 0.2) is 51.9 Å². The molecule has 6 nitrogen and oxygen atoms in total. The molecule has 0 spiro atoms. The number of sulfonamides is 1. The molecule has 0 fully saturated rings. The Kier molecular flexibility index (Phi) is 5.59. The van der Waals surface area contributed by atoms with E-state index in [4.69, 9.17) is 16.1 Å². The van der Waals surface area contributed by atoms with Gasteiger partial charge in [0.2, 0.25) is 10.0 Å². The molecule has 0 atom stereocenters. The summed E-state index contributed by atoms with van der Waals surface area (Å²) >= 11 is 5.85. The molecule has 0 radical (unpaired) electrons. The second-order valence-electron chi connectivity index (χ2n) is 6.01. The van der Waals surface area contributed by atoms with E-state index in [9.17, 15) is 12.8 Å². The van der Waals surface area contributed by atoms with Crippen LogP contribution in [0.1, 0.15) is 11.4 Å².